The Labute approximate surface area is 216 Å². The van der Waals surface area contributed by atoms with Gasteiger partial charge in [0.05, 0.1) is 17.2 Å². The molecule has 4 rings (SSSR count). The highest BCUT2D eigenvalue weighted by Crippen LogP contribution is 2.34. The smallest absolute Gasteiger partial charge is 0.416 e. The summed E-state index contributed by atoms with van der Waals surface area (Å²) in [6.07, 6.45) is 4.06. The van der Waals surface area contributed by atoms with Gasteiger partial charge in [0.15, 0.2) is 0 Å². The first-order valence-corrected chi connectivity index (χ1v) is 13.2. The number of nitrogens with zero attached hydrogens (tertiary/aromatic N) is 2. The minimum atomic E-state index is -4.59. The zero-order valence-electron chi connectivity index (χ0n) is 21.3. The van der Waals surface area contributed by atoms with E-state index >= 15 is 0 Å². The zero-order valence-corrected chi connectivity index (χ0v) is 21.3. The number of ether oxygens (including phenoxy) is 1. The van der Waals surface area contributed by atoms with E-state index in [4.69, 9.17) is 10.00 Å². The van der Waals surface area contributed by atoms with Crippen molar-refractivity contribution in [2.24, 2.45) is 5.92 Å². The van der Waals surface area contributed by atoms with Crippen LogP contribution < -0.4 is 10.2 Å². The second-order valence-corrected chi connectivity index (χ2v) is 10.1. The van der Waals surface area contributed by atoms with Crippen LogP contribution in [0.3, 0.4) is 0 Å². The number of carbonyl (C=O) groups excluding carboxylic acids is 1. The average molecular weight is 514 g/mol. The van der Waals surface area contributed by atoms with Crippen LogP contribution in [0.5, 0.6) is 0 Å². The lowest BCUT2D eigenvalue weighted by Gasteiger charge is -2.31. The molecule has 1 saturated carbocycles. The minimum absolute atomic E-state index is 0.119. The van der Waals surface area contributed by atoms with Crippen LogP contribution in [0.15, 0.2) is 30.3 Å². The van der Waals surface area contributed by atoms with Gasteiger partial charge in [-0.1, -0.05) is 18.9 Å². The van der Waals surface area contributed by atoms with Gasteiger partial charge in [0.25, 0.3) is 0 Å². The standard InChI is InChI=1S/C29H34F3N3O2/c1-2-35(18-20-7-3-4-8-20)27-12-11-23-9-5-6-10-25(23)26(27)17-34-28(36)37-19-22-13-21(16-33)14-24(15-22)29(30,31)32/h11-15,20H,2-10,17-19H2,1H3,(H,34,36). The number of aryl methyl sites for hydroxylation is 1. The molecule has 0 saturated heterocycles. The Kier molecular flexibility index (Phi) is 8.63. The lowest BCUT2D eigenvalue weighted by molar-refractivity contribution is -0.137. The molecule has 2 aromatic rings. The average Bonchev–Trinajstić information content (AvgIpc) is 3.41. The van der Waals surface area contributed by atoms with Crippen LogP contribution in [-0.4, -0.2) is 19.2 Å². The fourth-order valence-corrected chi connectivity index (χ4v) is 5.65. The molecule has 5 nitrogen and oxygen atoms in total. The number of fused-ring (bicyclic) bond motifs is 1. The summed E-state index contributed by atoms with van der Waals surface area (Å²) in [4.78, 5) is 15.0. The Hall–Kier alpha value is -3.21. The Morgan fingerprint density at radius 2 is 1.89 bits per heavy atom. The van der Waals surface area contributed by atoms with Crippen molar-refractivity contribution in [3.8, 4) is 6.07 Å². The number of benzene rings is 2. The van der Waals surface area contributed by atoms with Crippen LogP contribution in [-0.2, 0) is 36.9 Å². The molecule has 37 heavy (non-hydrogen) atoms. The summed E-state index contributed by atoms with van der Waals surface area (Å²) in [7, 11) is 0. The molecule has 1 amide bonds. The molecule has 0 aromatic heterocycles. The third-order valence-corrected chi connectivity index (χ3v) is 7.53. The van der Waals surface area contributed by atoms with E-state index in [9.17, 15) is 18.0 Å². The van der Waals surface area contributed by atoms with Crippen molar-refractivity contribution in [2.45, 2.75) is 77.6 Å². The Balaban J connectivity index is 1.47. The summed E-state index contributed by atoms with van der Waals surface area (Å²) in [5.74, 6) is 0.688. The number of nitriles is 1. The molecule has 0 heterocycles. The SMILES string of the molecule is CCN(CC1CCCC1)c1ccc2c(c1CNC(=O)OCc1cc(C#N)cc(C(F)(F)F)c1)CCCC2. The second-order valence-electron chi connectivity index (χ2n) is 10.1. The predicted octanol–water partition coefficient (Wildman–Crippen LogP) is 6.90. The molecule has 0 radical (unpaired) electrons. The number of alkyl halides is 3. The summed E-state index contributed by atoms with van der Waals surface area (Å²) in [6.45, 7) is 3.98. The summed E-state index contributed by atoms with van der Waals surface area (Å²) in [5.41, 5.74) is 3.93. The topological polar surface area (TPSA) is 65.4 Å². The molecule has 198 valence electrons. The van der Waals surface area contributed by atoms with Gasteiger partial charge in [0.2, 0.25) is 0 Å². The fraction of sp³-hybridized carbons (Fsp3) is 0.517. The predicted molar refractivity (Wildman–Crippen MR) is 136 cm³/mol. The number of nitrogens with one attached hydrogen (secondary N) is 1. The summed E-state index contributed by atoms with van der Waals surface area (Å²) in [5, 5.41) is 11.9. The number of alkyl carbamates (subject to hydrolysis) is 1. The highest BCUT2D eigenvalue weighted by Gasteiger charge is 2.31. The van der Waals surface area contributed by atoms with Crippen molar-refractivity contribution in [2.75, 3.05) is 18.0 Å². The van der Waals surface area contributed by atoms with Crippen LogP contribution in [0.4, 0.5) is 23.7 Å². The minimum Gasteiger partial charge on any atom is -0.445 e. The Morgan fingerprint density at radius 1 is 1.14 bits per heavy atom. The van der Waals surface area contributed by atoms with Crippen molar-refractivity contribution in [1.82, 2.24) is 5.32 Å². The molecule has 0 unspecified atom stereocenters. The Bertz CT molecular complexity index is 1150. The molecule has 2 aliphatic rings. The van der Waals surface area contributed by atoms with Gasteiger partial charge >= 0.3 is 12.3 Å². The third kappa shape index (κ3) is 6.76. The van der Waals surface area contributed by atoms with Gasteiger partial charge in [0.1, 0.15) is 6.61 Å². The van der Waals surface area contributed by atoms with E-state index in [2.05, 4.69) is 29.3 Å². The van der Waals surface area contributed by atoms with Crippen molar-refractivity contribution < 1.29 is 22.7 Å². The Morgan fingerprint density at radius 3 is 2.59 bits per heavy atom. The normalized spacial score (nSPS) is 15.6. The molecule has 0 spiro atoms. The number of hydrogen-bond acceptors (Lipinski definition) is 4. The van der Waals surface area contributed by atoms with E-state index in [0.717, 1.165) is 62.2 Å². The monoisotopic (exact) mass is 513 g/mol. The van der Waals surface area contributed by atoms with E-state index in [-0.39, 0.29) is 17.7 Å². The van der Waals surface area contributed by atoms with Crippen molar-refractivity contribution in [3.05, 3.63) is 63.7 Å². The van der Waals surface area contributed by atoms with E-state index in [1.807, 2.05) is 0 Å². The molecule has 2 aliphatic carbocycles. The maximum Gasteiger partial charge on any atom is 0.416 e. The van der Waals surface area contributed by atoms with Gasteiger partial charge in [-0.05, 0) is 97.9 Å². The maximum atomic E-state index is 13.2. The lowest BCUT2D eigenvalue weighted by Crippen LogP contribution is -2.32. The van der Waals surface area contributed by atoms with Crippen LogP contribution in [0.2, 0.25) is 0 Å². The number of halogens is 3. The fourth-order valence-electron chi connectivity index (χ4n) is 5.65. The van der Waals surface area contributed by atoms with Crippen LogP contribution in [0.1, 0.15) is 78.8 Å². The van der Waals surface area contributed by atoms with Crippen LogP contribution >= 0.6 is 0 Å². The summed E-state index contributed by atoms with van der Waals surface area (Å²) < 4.78 is 44.7. The number of rotatable bonds is 8. The summed E-state index contributed by atoms with van der Waals surface area (Å²) >= 11 is 0. The third-order valence-electron chi connectivity index (χ3n) is 7.53. The maximum absolute atomic E-state index is 13.2. The molecular weight excluding hydrogens is 479 g/mol. The number of anilines is 1. The molecule has 1 fully saturated rings. The van der Waals surface area contributed by atoms with Crippen LogP contribution in [0, 0.1) is 17.2 Å². The van der Waals surface area contributed by atoms with Gasteiger partial charge in [-0.2, -0.15) is 18.4 Å². The zero-order chi connectivity index (χ0) is 26.4. The number of carbonyl (C=O) groups is 1. The van der Waals surface area contributed by atoms with Gasteiger partial charge < -0.3 is 15.0 Å². The first kappa shape index (κ1) is 26.8. The van der Waals surface area contributed by atoms with E-state index in [0.29, 0.717) is 12.5 Å². The quantitative estimate of drug-likeness (QED) is 0.417. The number of hydrogen-bond donors (Lipinski definition) is 1. The summed E-state index contributed by atoms with van der Waals surface area (Å²) in [6, 6.07) is 9.13. The van der Waals surface area contributed by atoms with E-state index < -0.39 is 17.8 Å². The van der Waals surface area contributed by atoms with Gasteiger partial charge in [-0.3, -0.25) is 0 Å². The molecule has 0 bridgehead atoms. The molecule has 1 N–H and O–H groups in total. The first-order chi connectivity index (χ1) is 17.8. The molecule has 0 atom stereocenters. The lowest BCUT2D eigenvalue weighted by atomic mass is 9.87. The molecule has 2 aromatic carbocycles. The van der Waals surface area contributed by atoms with Gasteiger partial charge in [0, 0.05) is 25.3 Å². The molecule has 0 aliphatic heterocycles. The number of amides is 1. The van der Waals surface area contributed by atoms with Crippen molar-refractivity contribution >= 4 is 11.8 Å². The van der Waals surface area contributed by atoms with Gasteiger partial charge in [-0.15, -0.1) is 0 Å². The van der Waals surface area contributed by atoms with E-state index in [1.54, 1.807) is 6.07 Å². The van der Waals surface area contributed by atoms with Crippen LogP contribution in [0.25, 0.3) is 0 Å². The highest BCUT2D eigenvalue weighted by atomic mass is 19.4. The molecule has 8 heteroatoms. The second kappa shape index (κ2) is 11.9. The van der Waals surface area contributed by atoms with Crippen molar-refractivity contribution in [1.29, 1.82) is 5.26 Å². The van der Waals surface area contributed by atoms with Crippen molar-refractivity contribution in [3.63, 3.8) is 0 Å². The highest BCUT2D eigenvalue weighted by molar-refractivity contribution is 5.68. The first-order valence-electron chi connectivity index (χ1n) is 13.2. The van der Waals surface area contributed by atoms with E-state index in [1.165, 1.54) is 42.9 Å². The van der Waals surface area contributed by atoms with Gasteiger partial charge in [-0.25, -0.2) is 4.79 Å². The molecular formula is C29H34F3N3O2. The largest absolute Gasteiger partial charge is 0.445 e.